The highest BCUT2D eigenvalue weighted by Gasteiger charge is 2.48. The SMILES string of the molecule is CC1(C)CCCC(C)(C)N1OC(=O)C(=O)ON1C(C)(C)CCCC1(C)C. The third-order valence-electron chi connectivity index (χ3n) is 5.87. The molecule has 2 saturated heterocycles. The standard InChI is InChI=1S/C20H36N2O4/c1-17(2)11-9-12-18(3,4)21(17)25-15(23)16(24)26-22-19(5,6)13-10-14-20(22,7)8/h9-14H2,1-8H3. The number of carbonyl (C=O) groups is 2. The lowest BCUT2D eigenvalue weighted by Crippen LogP contribution is -2.61. The van der Waals surface area contributed by atoms with Crippen LogP contribution >= 0.6 is 0 Å². The van der Waals surface area contributed by atoms with Gasteiger partial charge >= 0.3 is 11.9 Å². The van der Waals surface area contributed by atoms with Crippen molar-refractivity contribution < 1.29 is 19.3 Å². The third-order valence-corrected chi connectivity index (χ3v) is 5.87. The summed E-state index contributed by atoms with van der Waals surface area (Å²) in [6.45, 7) is 16.2. The number of carbonyl (C=O) groups excluding carboxylic acids is 2. The van der Waals surface area contributed by atoms with Gasteiger partial charge in [-0.3, -0.25) is 0 Å². The zero-order valence-electron chi connectivity index (χ0n) is 17.8. The first-order valence-electron chi connectivity index (χ1n) is 9.74. The molecule has 2 rings (SSSR count). The minimum Gasteiger partial charge on any atom is -0.358 e. The van der Waals surface area contributed by atoms with Crippen molar-refractivity contribution in [2.45, 2.75) is 116 Å². The summed E-state index contributed by atoms with van der Waals surface area (Å²) < 4.78 is 0. The van der Waals surface area contributed by atoms with Gasteiger partial charge in [-0.05, 0) is 93.9 Å². The van der Waals surface area contributed by atoms with Crippen molar-refractivity contribution in [3.63, 3.8) is 0 Å². The monoisotopic (exact) mass is 368 g/mol. The molecule has 6 heteroatoms. The summed E-state index contributed by atoms with van der Waals surface area (Å²) in [7, 11) is 0. The Morgan fingerprint density at radius 3 is 1.04 bits per heavy atom. The van der Waals surface area contributed by atoms with Gasteiger partial charge in [-0.1, -0.05) is 0 Å². The lowest BCUT2D eigenvalue weighted by atomic mass is 9.82. The Labute approximate surface area is 158 Å². The van der Waals surface area contributed by atoms with Crippen LogP contribution < -0.4 is 0 Å². The Bertz CT molecular complexity index is 484. The van der Waals surface area contributed by atoms with Gasteiger partial charge in [0, 0.05) is 0 Å². The van der Waals surface area contributed by atoms with Crippen LogP contribution in [0.1, 0.15) is 93.9 Å². The normalized spacial score (nSPS) is 27.5. The predicted octanol–water partition coefficient (Wildman–Crippen LogP) is 3.99. The molecule has 0 N–H and O–H groups in total. The van der Waals surface area contributed by atoms with E-state index >= 15 is 0 Å². The third kappa shape index (κ3) is 4.22. The Hall–Kier alpha value is -1.14. The first kappa shape index (κ1) is 21.2. The van der Waals surface area contributed by atoms with Crippen molar-refractivity contribution in [2.24, 2.45) is 0 Å². The topological polar surface area (TPSA) is 59.1 Å². The molecular weight excluding hydrogens is 332 g/mol. The van der Waals surface area contributed by atoms with E-state index in [0.717, 1.165) is 38.5 Å². The van der Waals surface area contributed by atoms with Crippen LogP contribution in [0.4, 0.5) is 0 Å². The van der Waals surface area contributed by atoms with Gasteiger partial charge in [0.25, 0.3) is 0 Å². The summed E-state index contributed by atoms with van der Waals surface area (Å²) in [5.74, 6) is -1.91. The first-order valence-corrected chi connectivity index (χ1v) is 9.74. The van der Waals surface area contributed by atoms with E-state index in [0.29, 0.717) is 0 Å². The van der Waals surface area contributed by atoms with Gasteiger partial charge in [-0.2, -0.15) is 0 Å². The highest BCUT2D eigenvalue weighted by atomic mass is 16.8. The van der Waals surface area contributed by atoms with Gasteiger partial charge in [0.2, 0.25) is 0 Å². The molecule has 0 unspecified atom stereocenters. The molecule has 150 valence electrons. The van der Waals surface area contributed by atoms with Crippen LogP contribution in [0.2, 0.25) is 0 Å². The van der Waals surface area contributed by atoms with Gasteiger partial charge in [-0.25, -0.2) is 9.59 Å². The minimum absolute atomic E-state index is 0.318. The van der Waals surface area contributed by atoms with Crippen LogP contribution in [0.15, 0.2) is 0 Å². The molecular formula is C20H36N2O4. The highest BCUT2D eigenvalue weighted by Crippen LogP contribution is 2.40. The van der Waals surface area contributed by atoms with E-state index in [1.807, 2.05) is 55.4 Å². The highest BCUT2D eigenvalue weighted by molar-refractivity contribution is 6.29. The van der Waals surface area contributed by atoms with Crippen molar-refractivity contribution in [2.75, 3.05) is 0 Å². The van der Waals surface area contributed by atoms with E-state index in [2.05, 4.69) is 0 Å². The van der Waals surface area contributed by atoms with Crippen LogP contribution in [-0.2, 0) is 19.3 Å². The number of hydrogen-bond acceptors (Lipinski definition) is 6. The number of hydroxylamine groups is 4. The van der Waals surface area contributed by atoms with Crippen molar-refractivity contribution in [1.29, 1.82) is 0 Å². The van der Waals surface area contributed by atoms with Crippen LogP contribution in [0.5, 0.6) is 0 Å². The van der Waals surface area contributed by atoms with Gasteiger partial charge in [0.1, 0.15) is 0 Å². The zero-order chi connectivity index (χ0) is 20.0. The quantitative estimate of drug-likeness (QED) is 0.687. The van der Waals surface area contributed by atoms with Crippen molar-refractivity contribution in [3.05, 3.63) is 0 Å². The predicted molar refractivity (Wildman–Crippen MR) is 99.9 cm³/mol. The van der Waals surface area contributed by atoms with E-state index in [1.54, 1.807) is 10.1 Å². The molecule has 0 aromatic carbocycles. The lowest BCUT2D eigenvalue weighted by molar-refractivity contribution is -0.285. The van der Waals surface area contributed by atoms with Crippen LogP contribution in [0.3, 0.4) is 0 Å². The average Bonchev–Trinajstić information content (AvgIpc) is 2.45. The number of hydrogen-bond donors (Lipinski definition) is 0. The Morgan fingerprint density at radius 2 is 0.808 bits per heavy atom. The number of rotatable bonds is 2. The van der Waals surface area contributed by atoms with Crippen LogP contribution in [0.25, 0.3) is 0 Å². The summed E-state index contributed by atoms with van der Waals surface area (Å²) in [6.07, 6.45) is 5.76. The second kappa shape index (κ2) is 6.79. The second-order valence-electron chi connectivity index (χ2n) is 10.3. The molecule has 0 bridgehead atoms. The maximum Gasteiger partial charge on any atom is 0.438 e. The molecule has 0 atom stereocenters. The molecule has 0 radical (unpaired) electrons. The largest absolute Gasteiger partial charge is 0.438 e. The van der Waals surface area contributed by atoms with E-state index in [4.69, 9.17) is 9.68 Å². The van der Waals surface area contributed by atoms with Gasteiger partial charge in [0.05, 0.1) is 22.2 Å². The fourth-order valence-electron chi connectivity index (χ4n) is 4.69. The fraction of sp³-hybridized carbons (Fsp3) is 0.900. The molecule has 2 aliphatic heterocycles. The maximum atomic E-state index is 12.5. The molecule has 6 nitrogen and oxygen atoms in total. The minimum atomic E-state index is -0.953. The van der Waals surface area contributed by atoms with Crippen LogP contribution in [0, 0.1) is 0 Å². The molecule has 0 spiro atoms. The molecule has 0 aromatic heterocycles. The summed E-state index contributed by atoms with van der Waals surface area (Å²) in [6, 6.07) is 0. The summed E-state index contributed by atoms with van der Waals surface area (Å²) >= 11 is 0. The molecule has 0 amide bonds. The smallest absolute Gasteiger partial charge is 0.358 e. The number of piperidine rings is 2. The Balaban J connectivity index is 2.11. The molecule has 0 aromatic rings. The fourth-order valence-corrected chi connectivity index (χ4v) is 4.69. The van der Waals surface area contributed by atoms with Crippen molar-refractivity contribution in [3.8, 4) is 0 Å². The summed E-state index contributed by atoms with van der Waals surface area (Å²) in [4.78, 5) is 36.1. The average molecular weight is 369 g/mol. The van der Waals surface area contributed by atoms with E-state index in [-0.39, 0.29) is 22.2 Å². The van der Waals surface area contributed by atoms with Gasteiger partial charge in [-0.15, -0.1) is 10.1 Å². The summed E-state index contributed by atoms with van der Waals surface area (Å²) in [5.41, 5.74) is -1.27. The molecule has 2 heterocycles. The van der Waals surface area contributed by atoms with Gasteiger partial charge < -0.3 is 9.68 Å². The Kier molecular flexibility index (Phi) is 5.52. The molecule has 2 fully saturated rings. The van der Waals surface area contributed by atoms with E-state index in [9.17, 15) is 9.59 Å². The molecule has 2 aliphatic rings. The number of nitrogens with zero attached hydrogens (tertiary/aromatic N) is 2. The molecule has 26 heavy (non-hydrogen) atoms. The van der Waals surface area contributed by atoms with Crippen molar-refractivity contribution >= 4 is 11.9 Å². The van der Waals surface area contributed by atoms with Crippen LogP contribution in [-0.4, -0.2) is 44.2 Å². The first-order chi connectivity index (χ1) is 11.7. The maximum absolute atomic E-state index is 12.5. The summed E-state index contributed by atoms with van der Waals surface area (Å²) in [5, 5.41) is 3.36. The van der Waals surface area contributed by atoms with Crippen molar-refractivity contribution in [1.82, 2.24) is 10.1 Å². The van der Waals surface area contributed by atoms with E-state index < -0.39 is 11.9 Å². The zero-order valence-corrected chi connectivity index (χ0v) is 17.8. The van der Waals surface area contributed by atoms with E-state index in [1.165, 1.54) is 0 Å². The molecule has 0 aliphatic carbocycles. The second-order valence-corrected chi connectivity index (χ2v) is 10.3. The lowest BCUT2D eigenvalue weighted by Gasteiger charge is -2.51. The van der Waals surface area contributed by atoms with Gasteiger partial charge in [0.15, 0.2) is 0 Å². The Morgan fingerprint density at radius 1 is 0.577 bits per heavy atom. The molecule has 0 saturated carbocycles.